The van der Waals surface area contributed by atoms with Gasteiger partial charge in [0, 0.05) is 0 Å². The Morgan fingerprint density at radius 3 is 2.20 bits per heavy atom. The van der Waals surface area contributed by atoms with Crippen molar-refractivity contribution >= 4 is 17.6 Å². The van der Waals surface area contributed by atoms with Crippen LogP contribution in [0.1, 0.15) is 13.3 Å². The van der Waals surface area contributed by atoms with E-state index in [0.29, 0.717) is 0 Å². The summed E-state index contributed by atoms with van der Waals surface area (Å²) in [7, 11) is 0. The van der Waals surface area contributed by atoms with Gasteiger partial charge < -0.3 is 0 Å². The van der Waals surface area contributed by atoms with Crippen LogP contribution in [0.5, 0.6) is 0 Å². The summed E-state index contributed by atoms with van der Waals surface area (Å²) in [4.78, 5) is 32.4. The number of nitrogens with zero attached hydrogens (tertiary/aromatic N) is 1. The monoisotopic (exact) mass is 141 g/mol. The fourth-order valence-corrected chi connectivity index (χ4v) is 0.767. The smallest absolute Gasteiger partial charge is 0.239 e. The van der Waals surface area contributed by atoms with Crippen molar-refractivity contribution in [2.45, 2.75) is 13.3 Å². The van der Waals surface area contributed by atoms with Gasteiger partial charge in [-0.25, -0.2) is 0 Å². The van der Waals surface area contributed by atoms with Crippen molar-refractivity contribution in [3.63, 3.8) is 0 Å². The molecule has 0 aromatic heterocycles. The first kappa shape index (κ1) is 6.92. The summed E-state index contributed by atoms with van der Waals surface area (Å²) in [5, 5.41) is 0. The summed E-state index contributed by atoms with van der Waals surface area (Å²) in [6, 6.07) is 0. The van der Waals surface area contributed by atoms with E-state index in [1.54, 1.807) is 0 Å². The molecule has 1 saturated heterocycles. The second kappa shape index (κ2) is 2.21. The summed E-state index contributed by atoms with van der Waals surface area (Å²) in [6.07, 6.45) is -0.0344. The van der Waals surface area contributed by atoms with E-state index in [4.69, 9.17) is 0 Å². The lowest BCUT2D eigenvalue weighted by Gasteiger charge is -2.26. The molecule has 1 fully saturated rings. The van der Waals surface area contributed by atoms with Gasteiger partial charge in [-0.15, -0.1) is 0 Å². The Morgan fingerprint density at radius 1 is 1.50 bits per heavy atom. The van der Waals surface area contributed by atoms with Gasteiger partial charge in [0.05, 0.1) is 6.54 Å². The highest BCUT2D eigenvalue weighted by molar-refractivity contribution is 6.16. The molecule has 0 aromatic rings. The first-order chi connectivity index (χ1) is 4.61. The molecule has 1 aliphatic heterocycles. The third-order valence-corrected chi connectivity index (χ3v) is 1.29. The van der Waals surface area contributed by atoms with Gasteiger partial charge >= 0.3 is 0 Å². The highest BCUT2D eigenvalue weighted by atomic mass is 16.2. The first-order valence-corrected chi connectivity index (χ1v) is 2.94. The van der Waals surface area contributed by atoms with Crippen LogP contribution in [0.3, 0.4) is 0 Å². The van der Waals surface area contributed by atoms with Gasteiger partial charge in [0.2, 0.25) is 11.8 Å². The highest BCUT2D eigenvalue weighted by Crippen LogP contribution is 2.09. The van der Waals surface area contributed by atoms with Crippen molar-refractivity contribution < 1.29 is 14.4 Å². The molecule has 0 spiro atoms. The van der Waals surface area contributed by atoms with Crippen molar-refractivity contribution in [1.29, 1.82) is 0 Å². The van der Waals surface area contributed by atoms with Crippen LogP contribution in [0.25, 0.3) is 0 Å². The minimum atomic E-state index is -0.250. The largest absolute Gasteiger partial charge is 0.298 e. The Kier molecular flexibility index (Phi) is 1.53. The molecule has 0 aromatic carbocycles. The summed E-state index contributed by atoms with van der Waals surface area (Å²) in [5.41, 5.74) is 0. The number of rotatable bonds is 2. The molecule has 0 unspecified atom stereocenters. The van der Waals surface area contributed by atoms with Crippen molar-refractivity contribution in [1.82, 2.24) is 4.90 Å². The zero-order chi connectivity index (χ0) is 7.72. The number of β-lactam (4-membered cyclic amide) rings is 2. The second-order valence-electron chi connectivity index (χ2n) is 2.25. The molecule has 0 bridgehead atoms. The molecule has 0 aliphatic carbocycles. The van der Waals surface area contributed by atoms with E-state index in [1.165, 1.54) is 6.92 Å². The van der Waals surface area contributed by atoms with Crippen LogP contribution in [0.15, 0.2) is 0 Å². The average molecular weight is 141 g/mol. The standard InChI is InChI=1S/C6H7NO3/c1-4(8)3-7-5(9)2-6(7)10/h2-3H2,1H3. The molecule has 4 heteroatoms. The molecule has 2 amide bonds. The molecule has 1 heterocycles. The molecule has 0 radical (unpaired) electrons. The number of Topliss-reactive ketones (excluding diaryl/α,β-unsaturated/α-hetero) is 1. The Labute approximate surface area is 57.8 Å². The highest BCUT2D eigenvalue weighted by Gasteiger charge is 2.34. The van der Waals surface area contributed by atoms with Crippen molar-refractivity contribution in [2.75, 3.05) is 6.54 Å². The molecule has 54 valence electrons. The molecule has 0 atom stereocenters. The fraction of sp³-hybridized carbons (Fsp3) is 0.500. The number of ketones is 1. The van der Waals surface area contributed by atoms with Crippen LogP contribution in [-0.4, -0.2) is 29.0 Å². The maximum atomic E-state index is 10.5. The topological polar surface area (TPSA) is 54.5 Å². The average Bonchev–Trinajstić information content (AvgIpc) is 1.84. The van der Waals surface area contributed by atoms with Crippen LogP contribution in [0.2, 0.25) is 0 Å². The van der Waals surface area contributed by atoms with E-state index in [0.717, 1.165) is 4.90 Å². The molecule has 0 saturated carbocycles. The predicted octanol–water partition coefficient (Wildman–Crippen LogP) is -0.666. The molecule has 1 aliphatic rings. The minimum absolute atomic E-state index is 0.0344. The van der Waals surface area contributed by atoms with Gasteiger partial charge in [-0.3, -0.25) is 19.3 Å². The van der Waals surface area contributed by atoms with E-state index >= 15 is 0 Å². The predicted molar refractivity (Wildman–Crippen MR) is 32.0 cm³/mol. The Bertz CT molecular complexity index is 195. The van der Waals surface area contributed by atoms with Gasteiger partial charge in [-0.1, -0.05) is 0 Å². The van der Waals surface area contributed by atoms with Crippen molar-refractivity contribution in [3.8, 4) is 0 Å². The van der Waals surface area contributed by atoms with E-state index in [-0.39, 0.29) is 30.6 Å². The van der Waals surface area contributed by atoms with E-state index in [1.807, 2.05) is 0 Å². The molecule has 0 N–H and O–H groups in total. The summed E-state index contributed by atoms with van der Waals surface area (Å²) in [6.45, 7) is 1.29. The molecular weight excluding hydrogens is 134 g/mol. The minimum Gasteiger partial charge on any atom is -0.298 e. The fourth-order valence-electron chi connectivity index (χ4n) is 0.767. The molecule has 10 heavy (non-hydrogen) atoms. The lowest BCUT2D eigenvalue weighted by atomic mass is 10.2. The van der Waals surface area contributed by atoms with Gasteiger partial charge in [-0.05, 0) is 6.92 Å². The summed E-state index contributed by atoms with van der Waals surface area (Å²) >= 11 is 0. The number of imide groups is 1. The summed E-state index contributed by atoms with van der Waals surface area (Å²) < 4.78 is 0. The number of amides is 2. The molecule has 1 rings (SSSR count). The van der Waals surface area contributed by atoms with Gasteiger partial charge in [0.1, 0.15) is 12.2 Å². The Balaban J connectivity index is 2.48. The SMILES string of the molecule is CC(=O)CN1C(=O)CC1=O. The number of hydrogen-bond donors (Lipinski definition) is 0. The molecule has 4 nitrogen and oxygen atoms in total. The maximum absolute atomic E-state index is 10.5. The quantitative estimate of drug-likeness (QED) is 0.378. The van der Waals surface area contributed by atoms with E-state index < -0.39 is 0 Å². The van der Waals surface area contributed by atoms with Crippen LogP contribution in [0, 0.1) is 0 Å². The van der Waals surface area contributed by atoms with Crippen LogP contribution in [0.4, 0.5) is 0 Å². The number of likely N-dealkylation sites (tertiary alicyclic amines) is 1. The Morgan fingerprint density at radius 2 is 2.00 bits per heavy atom. The van der Waals surface area contributed by atoms with Crippen LogP contribution in [-0.2, 0) is 14.4 Å². The zero-order valence-electron chi connectivity index (χ0n) is 5.59. The van der Waals surface area contributed by atoms with E-state index in [2.05, 4.69) is 0 Å². The number of carbonyl (C=O) groups is 3. The van der Waals surface area contributed by atoms with Gasteiger partial charge in [0.15, 0.2) is 0 Å². The first-order valence-electron chi connectivity index (χ1n) is 2.94. The van der Waals surface area contributed by atoms with Crippen molar-refractivity contribution in [2.24, 2.45) is 0 Å². The lowest BCUT2D eigenvalue weighted by molar-refractivity contribution is -0.159. The maximum Gasteiger partial charge on any atom is 0.239 e. The number of hydrogen-bond acceptors (Lipinski definition) is 3. The lowest BCUT2D eigenvalue weighted by Crippen LogP contribution is -2.50. The number of carbonyl (C=O) groups excluding carboxylic acids is 3. The molecular formula is C6H7NO3. The third-order valence-electron chi connectivity index (χ3n) is 1.29. The second-order valence-corrected chi connectivity index (χ2v) is 2.25. The van der Waals surface area contributed by atoms with Crippen LogP contribution < -0.4 is 0 Å². The third kappa shape index (κ3) is 1.05. The van der Waals surface area contributed by atoms with Crippen LogP contribution >= 0.6 is 0 Å². The Hall–Kier alpha value is -1.19. The van der Waals surface area contributed by atoms with Gasteiger partial charge in [0.25, 0.3) is 0 Å². The summed E-state index contributed by atoms with van der Waals surface area (Å²) in [5.74, 6) is -0.665. The normalized spacial score (nSPS) is 17.1. The zero-order valence-corrected chi connectivity index (χ0v) is 5.59. The van der Waals surface area contributed by atoms with E-state index in [9.17, 15) is 14.4 Å². The van der Waals surface area contributed by atoms with Crippen molar-refractivity contribution in [3.05, 3.63) is 0 Å². The van der Waals surface area contributed by atoms with Gasteiger partial charge in [-0.2, -0.15) is 0 Å².